The second-order valence-corrected chi connectivity index (χ2v) is 7.01. The van der Waals surface area contributed by atoms with E-state index in [9.17, 15) is 0 Å². The number of rotatable bonds is 1. The van der Waals surface area contributed by atoms with E-state index < -0.39 is 0 Å². The number of hydrogen-bond donors (Lipinski definition) is 0. The second kappa shape index (κ2) is 4.74. The van der Waals surface area contributed by atoms with Crippen molar-refractivity contribution in [3.8, 4) is 11.4 Å². The molecule has 5 heteroatoms. The molecular weight excluding hydrogens is 268 g/mol. The summed E-state index contributed by atoms with van der Waals surface area (Å²) in [6.07, 6.45) is 0. The molecule has 2 aromatic rings. The lowest BCUT2D eigenvalue weighted by Gasteiger charge is -2.24. The number of benzene rings is 1. The van der Waals surface area contributed by atoms with E-state index in [4.69, 9.17) is 5.10 Å². The minimum absolute atomic E-state index is 0.0690. The van der Waals surface area contributed by atoms with E-state index in [1.165, 1.54) is 11.3 Å². The quantitative estimate of drug-likeness (QED) is 0.804. The Morgan fingerprint density at radius 2 is 1.80 bits per heavy atom. The van der Waals surface area contributed by atoms with E-state index in [1.807, 2.05) is 4.68 Å². The smallest absolute Gasteiger partial charge is 0.187 e. The van der Waals surface area contributed by atoms with Gasteiger partial charge in [0.1, 0.15) is 0 Å². The maximum absolute atomic E-state index is 4.76. The highest BCUT2D eigenvalue weighted by atomic mass is 32.2. The summed E-state index contributed by atoms with van der Waals surface area (Å²) in [5, 5.41) is 14.2. The van der Waals surface area contributed by atoms with Crippen molar-refractivity contribution in [2.45, 2.75) is 32.9 Å². The summed E-state index contributed by atoms with van der Waals surface area (Å²) in [4.78, 5) is 0. The molecule has 1 aromatic heterocycles. The Kier molecular flexibility index (Phi) is 3.17. The van der Waals surface area contributed by atoms with Gasteiger partial charge in [0.25, 0.3) is 0 Å². The minimum atomic E-state index is 0.0690. The molecule has 0 spiro atoms. The van der Waals surface area contributed by atoms with Gasteiger partial charge in [0.2, 0.25) is 5.16 Å². The van der Waals surface area contributed by atoms with Crippen LogP contribution in [0.15, 0.2) is 34.5 Å². The van der Waals surface area contributed by atoms with Crippen molar-refractivity contribution < 1.29 is 0 Å². The monoisotopic (exact) mass is 286 g/mol. The molecule has 1 aliphatic heterocycles. The van der Waals surface area contributed by atoms with Gasteiger partial charge in [0.05, 0.1) is 5.71 Å². The van der Waals surface area contributed by atoms with Crippen molar-refractivity contribution in [1.82, 2.24) is 14.9 Å². The number of aromatic nitrogens is 3. The fourth-order valence-electron chi connectivity index (χ4n) is 1.98. The van der Waals surface area contributed by atoms with E-state index >= 15 is 0 Å². The van der Waals surface area contributed by atoms with Gasteiger partial charge in [0.15, 0.2) is 5.82 Å². The van der Waals surface area contributed by atoms with Crippen molar-refractivity contribution in [2.24, 2.45) is 10.5 Å². The fraction of sp³-hybridized carbons (Fsp3) is 0.400. The van der Waals surface area contributed by atoms with E-state index in [1.54, 1.807) is 11.8 Å². The van der Waals surface area contributed by atoms with Gasteiger partial charge in [-0.3, -0.25) is 0 Å². The Bertz CT molecular complexity index is 662. The molecule has 0 aliphatic carbocycles. The Morgan fingerprint density at radius 1 is 1.10 bits per heavy atom. The molecule has 4 nitrogen and oxygen atoms in total. The van der Waals surface area contributed by atoms with Crippen LogP contribution in [-0.2, 0) is 0 Å². The van der Waals surface area contributed by atoms with Crippen LogP contribution in [0.5, 0.6) is 0 Å². The van der Waals surface area contributed by atoms with Crippen LogP contribution >= 0.6 is 11.8 Å². The number of nitrogens with zero attached hydrogens (tertiary/aromatic N) is 4. The first kappa shape index (κ1) is 13.4. The highest BCUT2D eigenvalue weighted by Gasteiger charge is 2.26. The van der Waals surface area contributed by atoms with Crippen LogP contribution in [0, 0.1) is 12.3 Å². The van der Waals surface area contributed by atoms with Crippen molar-refractivity contribution >= 4 is 17.5 Å². The Labute approximate surface area is 123 Å². The summed E-state index contributed by atoms with van der Waals surface area (Å²) >= 11 is 1.70. The summed E-state index contributed by atoms with van der Waals surface area (Å²) < 4.78 is 1.87. The molecule has 0 radical (unpaired) electrons. The molecule has 0 unspecified atom stereocenters. The van der Waals surface area contributed by atoms with Crippen LogP contribution in [0.2, 0.25) is 0 Å². The second-order valence-electron chi connectivity index (χ2n) is 6.07. The molecule has 2 heterocycles. The third-order valence-corrected chi connectivity index (χ3v) is 4.28. The molecule has 0 saturated carbocycles. The zero-order valence-electron chi connectivity index (χ0n) is 12.2. The molecule has 0 bridgehead atoms. The van der Waals surface area contributed by atoms with Crippen molar-refractivity contribution in [2.75, 3.05) is 5.75 Å². The maximum atomic E-state index is 4.76. The first-order valence-electron chi connectivity index (χ1n) is 6.69. The zero-order chi connectivity index (χ0) is 14.3. The van der Waals surface area contributed by atoms with Crippen molar-refractivity contribution in [1.29, 1.82) is 0 Å². The Hall–Kier alpha value is -1.62. The number of fused-ring (bicyclic) bond motifs is 1. The molecule has 0 saturated heterocycles. The zero-order valence-corrected chi connectivity index (χ0v) is 13.0. The summed E-state index contributed by atoms with van der Waals surface area (Å²) in [6.45, 7) is 8.64. The molecule has 104 valence electrons. The lowest BCUT2D eigenvalue weighted by atomic mass is 9.91. The molecule has 3 rings (SSSR count). The summed E-state index contributed by atoms with van der Waals surface area (Å²) in [5.41, 5.74) is 3.52. The van der Waals surface area contributed by atoms with E-state index in [2.05, 4.69) is 62.2 Å². The topological polar surface area (TPSA) is 43.1 Å². The summed E-state index contributed by atoms with van der Waals surface area (Å²) in [7, 11) is 0. The van der Waals surface area contributed by atoms with Crippen LogP contribution in [0.25, 0.3) is 11.4 Å². The molecule has 0 atom stereocenters. The van der Waals surface area contributed by atoms with Crippen LogP contribution < -0.4 is 0 Å². The summed E-state index contributed by atoms with van der Waals surface area (Å²) in [5.74, 6) is 1.70. The Balaban J connectivity index is 2.08. The van der Waals surface area contributed by atoms with Crippen molar-refractivity contribution in [3.63, 3.8) is 0 Å². The van der Waals surface area contributed by atoms with Gasteiger partial charge in [-0.2, -0.15) is 9.78 Å². The Morgan fingerprint density at radius 3 is 2.45 bits per heavy atom. The van der Waals surface area contributed by atoms with Crippen LogP contribution in [0.4, 0.5) is 0 Å². The van der Waals surface area contributed by atoms with Crippen LogP contribution in [0.1, 0.15) is 26.3 Å². The number of hydrogen-bond acceptors (Lipinski definition) is 4. The predicted molar refractivity (Wildman–Crippen MR) is 83.2 cm³/mol. The summed E-state index contributed by atoms with van der Waals surface area (Å²) in [6, 6.07) is 8.30. The lowest BCUT2D eigenvalue weighted by Crippen LogP contribution is -2.26. The van der Waals surface area contributed by atoms with Gasteiger partial charge in [-0.1, -0.05) is 62.4 Å². The van der Waals surface area contributed by atoms with Gasteiger partial charge in [0, 0.05) is 16.7 Å². The van der Waals surface area contributed by atoms with Crippen LogP contribution in [0.3, 0.4) is 0 Å². The average Bonchev–Trinajstić information content (AvgIpc) is 2.81. The minimum Gasteiger partial charge on any atom is -0.187 e. The first-order valence-corrected chi connectivity index (χ1v) is 7.67. The average molecular weight is 286 g/mol. The van der Waals surface area contributed by atoms with Gasteiger partial charge in [-0.15, -0.1) is 10.2 Å². The predicted octanol–water partition coefficient (Wildman–Crippen LogP) is 3.61. The highest BCUT2D eigenvalue weighted by molar-refractivity contribution is 7.99. The molecule has 20 heavy (non-hydrogen) atoms. The SMILES string of the molecule is Cc1ccc(-c2nnc3n2N=C(C(C)(C)C)CS3)cc1. The standard InChI is InChI=1S/C15H18N4S/c1-10-5-7-11(8-6-10)13-16-17-14-19(13)18-12(9-20-14)15(2,3)4/h5-8H,9H2,1-4H3. The van der Waals surface area contributed by atoms with Crippen molar-refractivity contribution in [3.05, 3.63) is 29.8 Å². The molecular formula is C15H18N4S. The van der Waals surface area contributed by atoms with E-state index in [0.717, 1.165) is 22.3 Å². The lowest BCUT2D eigenvalue weighted by molar-refractivity contribution is 0.574. The molecule has 1 aliphatic rings. The van der Waals surface area contributed by atoms with Crippen LogP contribution in [-0.4, -0.2) is 26.3 Å². The molecule has 0 amide bonds. The van der Waals surface area contributed by atoms with Gasteiger partial charge >= 0.3 is 0 Å². The van der Waals surface area contributed by atoms with E-state index in [0.29, 0.717) is 0 Å². The molecule has 1 aromatic carbocycles. The van der Waals surface area contributed by atoms with Gasteiger partial charge < -0.3 is 0 Å². The highest BCUT2D eigenvalue weighted by Crippen LogP contribution is 2.31. The van der Waals surface area contributed by atoms with E-state index in [-0.39, 0.29) is 5.41 Å². The normalized spacial score (nSPS) is 14.9. The van der Waals surface area contributed by atoms with Gasteiger partial charge in [-0.05, 0) is 6.92 Å². The third-order valence-electron chi connectivity index (χ3n) is 3.35. The third kappa shape index (κ3) is 2.38. The number of aryl methyl sites for hydroxylation is 1. The number of thioether (sulfide) groups is 1. The van der Waals surface area contributed by atoms with Gasteiger partial charge in [-0.25, -0.2) is 0 Å². The first-order chi connectivity index (χ1) is 9.45. The molecule has 0 fully saturated rings. The maximum Gasteiger partial charge on any atom is 0.212 e. The largest absolute Gasteiger partial charge is 0.212 e. The molecule has 0 N–H and O–H groups in total. The fourth-order valence-corrected chi connectivity index (χ4v) is 3.08.